The Morgan fingerprint density at radius 2 is 1.71 bits per heavy atom. The highest BCUT2D eigenvalue weighted by Crippen LogP contribution is 2.37. The zero-order valence-electron chi connectivity index (χ0n) is 23.1. The van der Waals surface area contributed by atoms with Crippen molar-refractivity contribution in [1.29, 1.82) is 0 Å². The smallest absolute Gasteiger partial charge is 0.259 e. The molecule has 0 radical (unpaired) electrons. The Balaban J connectivity index is 1.36. The van der Waals surface area contributed by atoms with E-state index in [2.05, 4.69) is 11.4 Å². The lowest BCUT2D eigenvalue weighted by Crippen LogP contribution is -2.31. The second kappa shape index (κ2) is 10.9. The molecule has 1 N–H and O–H groups in total. The van der Waals surface area contributed by atoms with E-state index in [1.807, 2.05) is 51.1 Å². The van der Waals surface area contributed by atoms with Gasteiger partial charge in [-0.1, -0.05) is 42.0 Å². The number of ether oxygens (including phenoxy) is 2. The highest BCUT2D eigenvalue weighted by Gasteiger charge is 2.32. The first kappa shape index (κ1) is 26.8. The molecular weight excluding hydrogens is 536 g/mol. The molecule has 0 unspecified atom stereocenters. The van der Waals surface area contributed by atoms with Crippen molar-refractivity contribution >= 4 is 28.3 Å². The van der Waals surface area contributed by atoms with Crippen LogP contribution in [0.25, 0.3) is 0 Å². The fourth-order valence-electron chi connectivity index (χ4n) is 5.20. The number of anilines is 1. The number of hydrogen-bond donors (Lipinski definition) is 1. The van der Waals surface area contributed by atoms with E-state index in [0.29, 0.717) is 51.3 Å². The van der Waals surface area contributed by atoms with Gasteiger partial charge in [-0.05, 0) is 79.9 Å². The van der Waals surface area contributed by atoms with Gasteiger partial charge in [-0.15, -0.1) is 0 Å². The van der Waals surface area contributed by atoms with Gasteiger partial charge in [0.2, 0.25) is 0 Å². The van der Waals surface area contributed by atoms with Gasteiger partial charge in [-0.25, -0.2) is 4.21 Å². The second-order valence-corrected chi connectivity index (χ2v) is 11.8. The molecule has 0 spiro atoms. The maximum Gasteiger partial charge on any atom is 0.259 e. The quantitative estimate of drug-likeness (QED) is 0.326. The summed E-state index contributed by atoms with van der Waals surface area (Å²) in [6.45, 7) is 7.19. The summed E-state index contributed by atoms with van der Waals surface area (Å²) >= 11 is 0. The van der Waals surface area contributed by atoms with Crippen LogP contribution in [0.5, 0.6) is 11.5 Å². The molecule has 6 rings (SSSR count). The zero-order chi connectivity index (χ0) is 28.7. The second-order valence-electron chi connectivity index (χ2n) is 10.4. The zero-order valence-corrected chi connectivity index (χ0v) is 23.9. The molecule has 7 nitrogen and oxygen atoms in total. The first-order chi connectivity index (χ1) is 19.8. The van der Waals surface area contributed by atoms with Gasteiger partial charge < -0.3 is 19.7 Å². The third kappa shape index (κ3) is 5.11. The molecular formula is C33H30N2O5S. The molecule has 4 aromatic carbocycles. The minimum atomic E-state index is -1.60. The SMILES string of the molecule is Cc1ccc(C)c(CN2C(=O)c3ccccc3[S@](=O)c3ccc(C(=O)N[C@H](C)c4ccc5c(c4)OCCO5)cc32)c1. The van der Waals surface area contributed by atoms with Crippen LogP contribution in [0.2, 0.25) is 0 Å². The molecule has 2 atom stereocenters. The van der Waals surface area contributed by atoms with Gasteiger partial charge in [0, 0.05) is 5.56 Å². The normalized spacial score (nSPS) is 16.3. The number of nitrogens with zero attached hydrogens (tertiary/aromatic N) is 1. The molecule has 0 bridgehead atoms. The Bertz CT molecular complexity index is 1720. The number of nitrogens with one attached hydrogen (secondary N) is 1. The van der Waals surface area contributed by atoms with Gasteiger partial charge in [-0.3, -0.25) is 9.59 Å². The molecule has 2 aliphatic heterocycles. The predicted molar refractivity (Wildman–Crippen MR) is 157 cm³/mol. The lowest BCUT2D eigenvalue weighted by atomic mass is 10.0. The van der Waals surface area contributed by atoms with Crippen molar-refractivity contribution in [3.63, 3.8) is 0 Å². The largest absolute Gasteiger partial charge is 0.486 e. The summed E-state index contributed by atoms with van der Waals surface area (Å²) in [5, 5.41) is 3.05. The monoisotopic (exact) mass is 566 g/mol. The van der Waals surface area contributed by atoms with E-state index >= 15 is 0 Å². The van der Waals surface area contributed by atoms with Crippen LogP contribution >= 0.6 is 0 Å². The summed E-state index contributed by atoms with van der Waals surface area (Å²) in [4.78, 5) is 30.1. The Morgan fingerprint density at radius 1 is 0.927 bits per heavy atom. The molecule has 0 saturated heterocycles. The molecule has 0 aliphatic carbocycles. The van der Waals surface area contributed by atoms with Gasteiger partial charge in [0.25, 0.3) is 11.8 Å². The molecule has 2 aliphatic rings. The van der Waals surface area contributed by atoms with E-state index < -0.39 is 10.8 Å². The number of benzene rings is 4. The molecule has 4 aromatic rings. The first-order valence-electron chi connectivity index (χ1n) is 13.5. The van der Waals surface area contributed by atoms with Gasteiger partial charge in [0.1, 0.15) is 13.2 Å². The third-order valence-corrected chi connectivity index (χ3v) is 9.02. The van der Waals surface area contributed by atoms with Crippen LogP contribution in [0.15, 0.2) is 88.7 Å². The van der Waals surface area contributed by atoms with Crippen molar-refractivity contribution in [3.05, 3.63) is 112 Å². The number of hydrogen-bond acceptors (Lipinski definition) is 5. The van der Waals surface area contributed by atoms with Crippen molar-refractivity contribution in [2.45, 2.75) is 43.1 Å². The fraction of sp³-hybridized carbons (Fsp3) is 0.212. The van der Waals surface area contributed by atoms with Gasteiger partial charge in [-0.2, -0.15) is 0 Å². The van der Waals surface area contributed by atoms with Crippen molar-refractivity contribution in [2.75, 3.05) is 18.1 Å². The average molecular weight is 567 g/mol. The Labute approximate surface area is 241 Å². The van der Waals surface area contributed by atoms with E-state index in [1.165, 1.54) is 0 Å². The van der Waals surface area contributed by atoms with Crippen molar-refractivity contribution in [3.8, 4) is 11.5 Å². The first-order valence-corrected chi connectivity index (χ1v) is 14.7. The van der Waals surface area contributed by atoms with Gasteiger partial charge in [0.05, 0.1) is 44.4 Å². The van der Waals surface area contributed by atoms with Crippen molar-refractivity contribution in [1.82, 2.24) is 5.32 Å². The number of aryl methyl sites for hydroxylation is 2. The van der Waals surface area contributed by atoms with E-state index in [0.717, 1.165) is 22.3 Å². The van der Waals surface area contributed by atoms with Crippen LogP contribution in [0.3, 0.4) is 0 Å². The van der Waals surface area contributed by atoms with Crippen LogP contribution < -0.4 is 19.7 Å². The molecule has 41 heavy (non-hydrogen) atoms. The van der Waals surface area contributed by atoms with E-state index in [-0.39, 0.29) is 24.4 Å². The van der Waals surface area contributed by atoms with Gasteiger partial charge >= 0.3 is 0 Å². The summed E-state index contributed by atoms with van der Waals surface area (Å²) in [6, 6.07) is 23.5. The molecule has 8 heteroatoms. The highest BCUT2D eigenvalue weighted by molar-refractivity contribution is 7.85. The number of fused-ring (bicyclic) bond motifs is 3. The molecule has 0 saturated carbocycles. The van der Waals surface area contributed by atoms with E-state index in [9.17, 15) is 13.8 Å². The van der Waals surface area contributed by atoms with Crippen LogP contribution in [0.1, 0.15) is 55.9 Å². The Morgan fingerprint density at radius 3 is 2.54 bits per heavy atom. The lowest BCUT2D eigenvalue weighted by Gasteiger charge is -2.25. The number of carbonyl (C=O) groups excluding carboxylic acids is 2. The summed E-state index contributed by atoms with van der Waals surface area (Å²) in [5.41, 5.74) is 5.21. The van der Waals surface area contributed by atoms with E-state index in [1.54, 1.807) is 47.4 Å². The summed E-state index contributed by atoms with van der Waals surface area (Å²) < 4.78 is 25.1. The van der Waals surface area contributed by atoms with Crippen LogP contribution in [0.4, 0.5) is 5.69 Å². The minimum absolute atomic E-state index is 0.254. The molecule has 2 amide bonds. The Kier molecular flexibility index (Phi) is 7.09. The molecule has 208 valence electrons. The van der Waals surface area contributed by atoms with Crippen LogP contribution in [0, 0.1) is 13.8 Å². The van der Waals surface area contributed by atoms with Gasteiger partial charge in [0.15, 0.2) is 11.5 Å². The summed E-state index contributed by atoms with van der Waals surface area (Å²) in [7, 11) is -1.60. The maximum absolute atomic E-state index is 14.0. The van der Waals surface area contributed by atoms with E-state index in [4.69, 9.17) is 9.47 Å². The summed E-state index contributed by atoms with van der Waals surface area (Å²) in [6.07, 6.45) is 0. The topological polar surface area (TPSA) is 84.9 Å². The number of amides is 2. The standard InChI is InChI=1S/C33H30N2O5S/c1-20-8-9-21(2)25(16-20)19-35-27-17-24(11-13-31(27)41(38)30-7-5-4-6-26(30)33(35)37)32(36)34-22(3)23-10-12-28-29(18-23)40-15-14-39-28/h4-13,16-18,22H,14-15,19H2,1-3H3,(H,34,36)/t22-,41+/m1/s1. The lowest BCUT2D eigenvalue weighted by molar-refractivity contribution is 0.0937. The van der Waals surface area contributed by atoms with Crippen molar-refractivity contribution in [2.24, 2.45) is 0 Å². The van der Waals surface area contributed by atoms with Crippen LogP contribution in [-0.4, -0.2) is 29.2 Å². The minimum Gasteiger partial charge on any atom is -0.486 e. The molecule has 0 fully saturated rings. The third-order valence-electron chi connectivity index (χ3n) is 7.52. The maximum atomic E-state index is 14.0. The predicted octanol–water partition coefficient (Wildman–Crippen LogP) is 5.89. The Hall–Kier alpha value is -4.43. The number of carbonyl (C=O) groups is 2. The molecule has 0 aromatic heterocycles. The molecule has 2 heterocycles. The van der Waals surface area contributed by atoms with Crippen molar-refractivity contribution < 1.29 is 23.3 Å². The summed E-state index contributed by atoms with van der Waals surface area (Å²) in [5.74, 6) is 0.784. The van der Waals surface area contributed by atoms with Crippen LogP contribution in [-0.2, 0) is 17.3 Å². The fourth-order valence-corrected chi connectivity index (χ4v) is 6.54. The highest BCUT2D eigenvalue weighted by atomic mass is 32.2. The average Bonchev–Trinajstić information content (AvgIpc) is 3.07. The number of rotatable bonds is 5.